The van der Waals surface area contributed by atoms with Crippen LogP contribution < -0.4 is 9.47 Å². The molecule has 34 heavy (non-hydrogen) atoms. The third kappa shape index (κ3) is 6.29. The van der Waals surface area contributed by atoms with E-state index in [0.717, 1.165) is 0 Å². The summed E-state index contributed by atoms with van der Waals surface area (Å²) in [7, 11) is 2.80. The molecule has 1 heterocycles. The lowest BCUT2D eigenvalue weighted by Crippen LogP contribution is -2.29. The third-order valence-corrected chi connectivity index (χ3v) is 7.16. The van der Waals surface area contributed by atoms with Crippen LogP contribution in [-0.4, -0.2) is 41.9 Å². The number of ether oxygens (including phenoxy) is 3. The number of hydrogen-bond acceptors (Lipinski definition) is 7. The Morgan fingerprint density at radius 1 is 1.32 bits per heavy atom. The average molecular weight is 589 g/mol. The Morgan fingerprint density at radius 3 is 2.76 bits per heavy atom. The molecule has 11 heteroatoms. The van der Waals surface area contributed by atoms with Gasteiger partial charge in [-0.25, -0.2) is 4.39 Å². The topological polar surface area (TPSA) is 65.1 Å². The SMILES string of the molecule is COC(=O)CCCN1C(=O)/C(=C\c2cc(Br)c(OCc3c(F)cccc3Cl)c(OC)c2)SC1=S. The Hall–Kier alpha value is -2.14. The Labute approximate surface area is 219 Å². The number of thiocarbonyl (C=S) groups is 1. The van der Waals surface area contributed by atoms with E-state index in [4.69, 9.17) is 33.3 Å². The molecule has 0 spiro atoms. The van der Waals surface area contributed by atoms with E-state index in [9.17, 15) is 14.0 Å². The van der Waals surface area contributed by atoms with Gasteiger partial charge in [0.15, 0.2) is 11.5 Å². The van der Waals surface area contributed by atoms with Gasteiger partial charge in [0.2, 0.25) is 0 Å². The lowest BCUT2D eigenvalue weighted by atomic mass is 10.1. The third-order valence-electron chi connectivity index (χ3n) is 4.84. The molecule has 0 radical (unpaired) electrons. The van der Waals surface area contributed by atoms with Crippen molar-refractivity contribution in [3.8, 4) is 11.5 Å². The maximum Gasteiger partial charge on any atom is 0.305 e. The summed E-state index contributed by atoms with van der Waals surface area (Å²) in [5.41, 5.74) is 0.910. The summed E-state index contributed by atoms with van der Waals surface area (Å²) in [6.07, 6.45) is 2.35. The highest BCUT2D eigenvalue weighted by Gasteiger charge is 2.31. The van der Waals surface area contributed by atoms with Crippen LogP contribution in [0, 0.1) is 5.82 Å². The van der Waals surface area contributed by atoms with E-state index in [-0.39, 0.29) is 35.5 Å². The lowest BCUT2D eigenvalue weighted by Gasteiger charge is -2.15. The van der Waals surface area contributed by atoms with Crippen LogP contribution in [0.25, 0.3) is 6.08 Å². The van der Waals surface area contributed by atoms with Crippen molar-refractivity contribution in [1.82, 2.24) is 4.90 Å². The molecule has 1 saturated heterocycles. The van der Waals surface area contributed by atoms with Gasteiger partial charge in [-0.15, -0.1) is 0 Å². The van der Waals surface area contributed by atoms with Crippen molar-refractivity contribution < 1.29 is 28.2 Å². The standard InChI is InChI=1S/C23H20BrClFNO5S2/c1-30-18-10-13(9-15(24)21(18)32-12-14-16(25)5-3-6-17(14)26)11-19-22(29)27(23(33)34-19)8-4-7-20(28)31-2/h3,5-6,9-11H,4,7-8,12H2,1-2H3/b19-11+. The van der Waals surface area contributed by atoms with Crippen LogP contribution in [0.3, 0.4) is 0 Å². The van der Waals surface area contributed by atoms with E-state index in [2.05, 4.69) is 20.7 Å². The molecule has 1 fully saturated rings. The van der Waals surface area contributed by atoms with Crippen LogP contribution in [0.4, 0.5) is 4.39 Å². The summed E-state index contributed by atoms with van der Waals surface area (Å²) in [4.78, 5) is 26.0. The van der Waals surface area contributed by atoms with Gasteiger partial charge in [-0.2, -0.15) is 0 Å². The fourth-order valence-corrected chi connectivity index (χ4v) is 5.21. The molecule has 6 nitrogen and oxygen atoms in total. The van der Waals surface area contributed by atoms with Gasteiger partial charge in [0.1, 0.15) is 16.7 Å². The predicted octanol–water partition coefficient (Wildman–Crippen LogP) is 5.98. The molecule has 1 aliphatic rings. The molecule has 3 rings (SSSR count). The van der Waals surface area contributed by atoms with Crippen molar-refractivity contribution in [1.29, 1.82) is 0 Å². The van der Waals surface area contributed by atoms with E-state index in [0.29, 0.717) is 43.7 Å². The summed E-state index contributed by atoms with van der Waals surface area (Å²) in [5, 5.41) is 0.264. The zero-order chi connectivity index (χ0) is 24.8. The quantitative estimate of drug-likeness (QED) is 0.203. The maximum atomic E-state index is 14.1. The molecule has 0 saturated carbocycles. The van der Waals surface area contributed by atoms with Crippen LogP contribution in [-0.2, 0) is 20.9 Å². The molecule has 0 aliphatic carbocycles. The molecule has 2 aromatic carbocycles. The summed E-state index contributed by atoms with van der Waals surface area (Å²) in [6.45, 7) is 0.236. The first kappa shape index (κ1) is 26.5. The zero-order valence-electron chi connectivity index (χ0n) is 18.2. The highest BCUT2D eigenvalue weighted by atomic mass is 79.9. The van der Waals surface area contributed by atoms with Crippen LogP contribution in [0.2, 0.25) is 5.02 Å². The number of halogens is 3. The van der Waals surface area contributed by atoms with Crippen LogP contribution >= 0.6 is 51.5 Å². The van der Waals surface area contributed by atoms with Gasteiger partial charge < -0.3 is 14.2 Å². The molecular formula is C23H20BrClFNO5S2. The second kappa shape index (κ2) is 12.0. The maximum absolute atomic E-state index is 14.1. The molecular weight excluding hydrogens is 569 g/mol. The first-order valence-corrected chi connectivity index (χ1v) is 12.4. The van der Waals surface area contributed by atoms with E-state index in [1.807, 2.05) is 0 Å². The number of rotatable bonds is 9. The van der Waals surface area contributed by atoms with Gasteiger partial charge in [-0.05, 0) is 58.3 Å². The Bertz CT molecular complexity index is 1140. The van der Waals surface area contributed by atoms with Crippen molar-refractivity contribution in [2.45, 2.75) is 19.4 Å². The Morgan fingerprint density at radius 2 is 2.09 bits per heavy atom. The number of carbonyl (C=O) groups is 2. The largest absolute Gasteiger partial charge is 0.493 e. The van der Waals surface area contributed by atoms with Crippen molar-refractivity contribution in [2.24, 2.45) is 0 Å². The fourth-order valence-electron chi connectivity index (χ4n) is 3.11. The second-order valence-corrected chi connectivity index (χ2v) is 9.97. The minimum absolute atomic E-state index is 0.0932. The smallest absolute Gasteiger partial charge is 0.305 e. The number of hydrogen-bond donors (Lipinski definition) is 0. The number of amides is 1. The van der Waals surface area contributed by atoms with Crippen molar-refractivity contribution in [2.75, 3.05) is 20.8 Å². The normalized spacial score (nSPS) is 14.6. The minimum Gasteiger partial charge on any atom is -0.493 e. The molecule has 0 aromatic heterocycles. The molecule has 0 bridgehead atoms. The van der Waals surface area contributed by atoms with Crippen LogP contribution in [0.5, 0.6) is 11.5 Å². The van der Waals surface area contributed by atoms with E-state index < -0.39 is 5.82 Å². The van der Waals surface area contributed by atoms with Crippen molar-refractivity contribution in [3.05, 3.63) is 61.7 Å². The first-order valence-electron chi connectivity index (χ1n) is 10.0. The van der Waals surface area contributed by atoms with E-state index >= 15 is 0 Å². The summed E-state index contributed by atoms with van der Waals surface area (Å²) in [6, 6.07) is 7.88. The van der Waals surface area contributed by atoms with Crippen LogP contribution in [0.1, 0.15) is 24.0 Å². The van der Waals surface area contributed by atoms with Gasteiger partial charge in [-0.1, -0.05) is 41.6 Å². The predicted molar refractivity (Wildman–Crippen MR) is 138 cm³/mol. The first-order chi connectivity index (χ1) is 16.2. The zero-order valence-corrected chi connectivity index (χ0v) is 22.2. The molecule has 0 unspecified atom stereocenters. The van der Waals surface area contributed by atoms with Crippen LogP contribution in [0.15, 0.2) is 39.7 Å². The van der Waals surface area contributed by atoms with Gasteiger partial charge >= 0.3 is 5.97 Å². The number of thioether (sulfide) groups is 1. The molecule has 1 amide bonds. The van der Waals surface area contributed by atoms with Crippen molar-refractivity contribution >= 4 is 73.8 Å². The highest BCUT2D eigenvalue weighted by molar-refractivity contribution is 9.10. The van der Waals surface area contributed by atoms with Crippen molar-refractivity contribution in [3.63, 3.8) is 0 Å². The van der Waals surface area contributed by atoms with E-state index in [1.165, 1.54) is 43.0 Å². The average Bonchev–Trinajstić information content (AvgIpc) is 3.06. The minimum atomic E-state index is -0.465. The van der Waals surface area contributed by atoms with Gasteiger partial charge in [0, 0.05) is 18.5 Å². The second-order valence-electron chi connectivity index (χ2n) is 7.04. The lowest BCUT2D eigenvalue weighted by molar-refractivity contribution is -0.141. The van der Waals surface area contributed by atoms with Gasteiger partial charge in [0.05, 0.1) is 28.6 Å². The summed E-state index contributed by atoms with van der Waals surface area (Å²) >= 11 is 16.1. The highest BCUT2D eigenvalue weighted by Crippen LogP contribution is 2.40. The fraction of sp³-hybridized carbons (Fsp3) is 0.261. The number of nitrogens with zero attached hydrogens (tertiary/aromatic N) is 1. The van der Waals surface area contributed by atoms with E-state index in [1.54, 1.807) is 24.3 Å². The Kier molecular flexibility index (Phi) is 9.35. The number of esters is 1. The van der Waals surface area contributed by atoms with Gasteiger partial charge in [-0.3, -0.25) is 14.5 Å². The summed E-state index contributed by atoms with van der Waals surface area (Å²) < 4.78 is 30.9. The number of methoxy groups -OCH3 is 2. The molecule has 0 atom stereocenters. The molecule has 0 N–H and O–H groups in total. The monoisotopic (exact) mass is 587 g/mol. The number of carbonyl (C=O) groups excluding carboxylic acids is 2. The Balaban J connectivity index is 1.76. The molecule has 2 aromatic rings. The molecule has 180 valence electrons. The van der Waals surface area contributed by atoms with Gasteiger partial charge in [0.25, 0.3) is 5.91 Å². The summed E-state index contributed by atoms with van der Waals surface area (Å²) in [5.74, 6) is -0.272. The molecule has 1 aliphatic heterocycles. The number of benzene rings is 2.